The Labute approximate surface area is 151 Å². The van der Waals surface area contributed by atoms with Crippen molar-refractivity contribution in [2.45, 2.75) is 18.5 Å². The molecule has 6 heteroatoms. The zero-order valence-electron chi connectivity index (χ0n) is 13.6. The first-order valence-corrected chi connectivity index (χ1v) is 8.10. The summed E-state index contributed by atoms with van der Waals surface area (Å²) >= 11 is 0. The molecule has 0 aromatic heterocycles. The number of hydrogen-bond donors (Lipinski definition) is 1. The maximum absolute atomic E-state index is 12.8. The van der Waals surface area contributed by atoms with Gasteiger partial charge in [0.2, 0.25) is 0 Å². The summed E-state index contributed by atoms with van der Waals surface area (Å²) in [4.78, 5) is 0. The summed E-state index contributed by atoms with van der Waals surface area (Å²) in [5.41, 5.74) is 0.582. The molecule has 3 rings (SSSR count). The van der Waals surface area contributed by atoms with Gasteiger partial charge in [-0.1, -0.05) is 36.4 Å². The minimum Gasteiger partial charge on any atom is -0.493 e. The van der Waals surface area contributed by atoms with Gasteiger partial charge in [-0.3, -0.25) is 0 Å². The van der Waals surface area contributed by atoms with Crippen LogP contribution < -0.4 is 10.1 Å². The van der Waals surface area contributed by atoms with Crippen LogP contribution >= 0.6 is 12.4 Å². The van der Waals surface area contributed by atoms with Crippen LogP contribution in [0.1, 0.15) is 23.5 Å². The van der Waals surface area contributed by atoms with Crippen molar-refractivity contribution in [2.24, 2.45) is 5.92 Å². The van der Waals surface area contributed by atoms with E-state index < -0.39 is 11.7 Å². The summed E-state index contributed by atoms with van der Waals surface area (Å²) in [6.45, 7) is 2.14. The molecule has 25 heavy (non-hydrogen) atoms. The standard InChI is InChI=1S/C19H20F3NO.ClH/c20-19(21,22)16-7-4-8-17(11-16)24-13-15-12-23-10-9-18(15)14-5-2-1-3-6-14;/h1-8,11,15,18,23H,9-10,12-13H2;1H/t15-,18-;/m1./s1. The fraction of sp³-hybridized carbons (Fsp3) is 0.368. The number of rotatable bonds is 4. The first-order valence-electron chi connectivity index (χ1n) is 8.10. The smallest absolute Gasteiger partial charge is 0.416 e. The lowest BCUT2D eigenvalue weighted by molar-refractivity contribution is -0.137. The fourth-order valence-electron chi connectivity index (χ4n) is 3.20. The molecule has 2 nitrogen and oxygen atoms in total. The molecule has 0 radical (unpaired) electrons. The number of ether oxygens (including phenoxy) is 1. The second-order valence-corrected chi connectivity index (χ2v) is 6.11. The molecule has 0 spiro atoms. The van der Waals surface area contributed by atoms with Crippen molar-refractivity contribution >= 4 is 12.4 Å². The highest BCUT2D eigenvalue weighted by atomic mass is 35.5. The van der Waals surface area contributed by atoms with Crippen LogP contribution in [0.4, 0.5) is 13.2 Å². The van der Waals surface area contributed by atoms with Crippen molar-refractivity contribution in [1.82, 2.24) is 5.32 Å². The van der Waals surface area contributed by atoms with Crippen LogP contribution in [0.15, 0.2) is 54.6 Å². The summed E-state index contributed by atoms with van der Waals surface area (Å²) in [7, 11) is 0. The Kier molecular flexibility index (Phi) is 6.73. The van der Waals surface area contributed by atoms with E-state index >= 15 is 0 Å². The predicted molar refractivity (Wildman–Crippen MR) is 94.3 cm³/mol. The average molecular weight is 372 g/mol. The molecule has 1 N–H and O–H groups in total. The molecular formula is C19H21ClF3NO. The molecule has 2 aromatic carbocycles. The summed E-state index contributed by atoms with van der Waals surface area (Å²) < 4.78 is 44.0. The van der Waals surface area contributed by atoms with Gasteiger partial charge in [-0.15, -0.1) is 12.4 Å². The van der Waals surface area contributed by atoms with Crippen LogP contribution in [-0.2, 0) is 6.18 Å². The molecule has 0 unspecified atom stereocenters. The van der Waals surface area contributed by atoms with E-state index in [9.17, 15) is 13.2 Å². The van der Waals surface area contributed by atoms with Crippen LogP contribution in [0.5, 0.6) is 5.75 Å². The van der Waals surface area contributed by atoms with Crippen LogP contribution in [0, 0.1) is 5.92 Å². The highest BCUT2D eigenvalue weighted by Gasteiger charge is 2.31. The highest BCUT2D eigenvalue weighted by molar-refractivity contribution is 5.85. The zero-order chi connectivity index (χ0) is 17.0. The van der Waals surface area contributed by atoms with Crippen molar-refractivity contribution in [2.75, 3.05) is 19.7 Å². The Balaban J connectivity index is 0.00000225. The minimum absolute atomic E-state index is 0. The Hall–Kier alpha value is -1.72. The van der Waals surface area contributed by atoms with Gasteiger partial charge >= 0.3 is 6.18 Å². The maximum Gasteiger partial charge on any atom is 0.416 e. The SMILES string of the molecule is Cl.FC(F)(F)c1cccc(OC[C@H]2CNCC[C@@H]2c2ccccc2)c1. The second-order valence-electron chi connectivity index (χ2n) is 6.11. The first kappa shape index (κ1) is 19.6. The number of benzene rings is 2. The molecular weight excluding hydrogens is 351 g/mol. The van der Waals surface area contributed by atoms with E-state index in [1.807, 2.05) is 18.2 Å². The molecule has 1 aliphatic heterocycles. The van der Waals surface area contributed by atoms with Crippen LogP contribution in [0.25, 0.3) is 0 Å². The predicted octanol–water partition coefficient (Wildman–Crippen LogP) is 4.90. The lowest BCUT2D eigenvalue weighted by Crippen LogP contribution is -2.38. The van der Waals surface area contributed by atoms with E-state index in [2.05, 4.69) is 17.4 Å². The van der Waals surface area contributed by atoms with Gasteiger partial charge in [-0.05, 0) is 42.6 Å². The van der Waals surface area contributed by atoms with Crippen molar-refractivity contribution in [3.8, 4) is 5.75 Å². The minimum atomic E-state index is -4.35. The molecule has 136 valence electrons. The monoisotopic (exact) mass is 371 g/mol. The molecule has 0 saturated carbocycles. The van der Waals surface area contributed by atoms with E-state index in [4.69, 9.17) is 4.74 Å². The third kappa shape index (κ3) is 5.13. The van der Waals surface area contributed by atoms with Crippen molar-refractivity contribution in [1.29, 1.82) is 0 Å². The number of hydrogen-bond acceptors (Lipinski definition) is 2. The number of piperidine rings is 1. The Morgan fingerprint density at radius 1 is 1.04 bits per heavy atom. The van der Waals surface area contributed by atoms with E-state index in [0.29, 0.717) is 12.5 Å². The van der Waals surface area contributed by atoms with E-state index in [-0.39, 0.29) is 24.1 Å². The van der Waals surface area contributed by atoms with Crippen molar-refractivity contribution < 1.29 is 17.9 Å². The fourth-order valence-corrected chi connectivity index (χ4v) is 3.20. The summed E-state index contributed by atoms with van der Waals surface area (Å²) in [6.07, 6.45) is -3.35. The van der Waals surface area contributed by atoms with Crippen molar-refractivity contribution in [3.05, 3.63) is 65.7 Å². The Bertz CT molecular complexity index is 663. The zero-order valence-corrected chi connectivity index (χ0v) is 14.4. The maximum atomic E-state index is 12.8. The molecule has 2 aromatic rings. The molecule has 0 amide bonds. The Morgan fingerprint density at radius 3 is 2.52 bits per heavy atom. The highest BCUT2D eigenvalue weighted by Crippen LogP contribution is 2.33. The Morgan fingerprint density at radius 2 is 1.80 bits per heavy atom. The lowest BCUT2D eigenvalue weighted by atomic mass is 9.81. The van der Waals surface area contributed by atoms with Gasteiger partial charge in [0.05, 0.1) is 12.2 Å². The van der Waals surface area contributed by atoms with Crippen LogP contribution in [-0.4, -0.2) is 19.7 Å². The normalized spacial score (nSPS) is 20.6. The second kappa shape index (κ2) is 8.59. The topological polar surface area (TPSA) is 21.3 Å². The quantitative estimate of drug-likeness (QED) is 0.825. The third-order valence-corrected chi connectivity index (χ3v) is 4.46. The molecule has 1 saturated heterocycles. The molecule has 1 aliphatic rings. The van der Waals surface area contributed by atoms with E-state index in [1.54, 1.807) is 6.07 Å². The molecule has 1 fully saturated rings. The molecule has 1 heterocycles. The molecule has 0 bridgehead atoms. The largest absolute Gasteiger partial charge is 0.493 e. The van der Waals surface area contributed by atoms with Crippen LogP contribution in [0.2, 0.25) is 0 Å². The first-order chi connectivity index (χ1) is 11.5. The van der Waals surface area contributed by atoms with Gasteiger partial charge < -0.3 is 10.1 Å². The average Bonchev–Trinajstić information content (AvgIpc) is 2.60. The molecule has 2 atom stereocenters. The summed E-state index contributed by atoms with van der Waals surface area (Å²) in [5.74, 6) is 0.858. The van der Waals surface area contributed by atoms with Crippen LogP contribution in [0.3, 0.4) is 0 Å². The van der Waals surface area contributed by atoms with Gasteiger partial charge in [0.25, 0.3) is 0 Å². The van der Waals surface area contributed by atoms with Gasteiger partial charge in [-0.2, -0.15) is 13.2 Å². The lowest BCUT2D eigenvalue weighted by Gasteiger charge is -2.32. The van der Waals surface area contributed by atoms with Gasteiger partial charge in [0.15, 0.2) is 0 Å². The number of halogens is 4. The van der Waals surface area contributed by atoms with E-state index in [0.717, 1.165) is 31.6 Å². The van der Waals surface area contributed by atoms with E-state index in [1.165, 1.54) is 11.6 Å². The van der Waals surface area contributed by atoms with Gasteiger partial charge in [-0.25, -0.2) is 0 Å². The number of nitrogens with one attached hydrogen (secondary N) is 1. The number of alkyl halides is 3. The summed E-state index contributed by atoms with van der Waals surface area (Å²) in [6, 6.07) is 15.3. The third-order valence-electron chi connectivity index (χ3n) is 4.46. The summed E-state index contributed by atoms with van der Waals surface area (Å²) in [5, 5.41) is 3.35. The van der Waals surface area contributed by atoms with Gasteiger partial charge in [0, 0.05) is 12.5 Å². The van der Waals surface area contributed by atoms with Gasteiger partial charge in [0.1, 0.15) is 5.75 Å². The van der Waals surface area contributed by atoms with Crippen molar-refractivity contribution in [3.63, 3.8) is 0 Å². The molecule has 0 aliphatic carbocycles.